The highest BCUT2D eigenvalue weighted by molar-refractivity contribution is 7.64. The van der Waals surface area contributed by atoms with E-state index < -0.39 is 40.4 Å². The Labute approximate surface area is 333 Å². The Morgan fingerprint density at radius 1 is 0.891 bits per heavy atom. The normalized spacial score (nSPS) is 22.6. The Balaban J connectivity index is 0. The fourth-order valence-electron chi connectivity index (χ4n) is 4.50. The van der Waals surface area contributed by atoms with Crippen molar-refractivity contribution >= 4 is 66.2 Å². The molecule has 55 heavy (non-hydrogen) atoms. The molecule has 1 aromatic rings. The number of nitrogens with one attached hydrogen (secondary N) is 1. The van der Waals surface area contributed by atoms with Crippen molar-refractivity contribution in [1.29, 1.82) is 0 Å². The summed E-state index contributed by atoms with van der Waals surface area (Å²) < 4.78 is 48.5. The number of benzene rings is 1. The van der Waals surface area contributed by atoms with E-state index >= 15 is 0 Å². The molecule has 1 aliphatic rings. The van der Waals surface area contributed by atoms with Gasteiger partial charge in [-0.25, -0.2) is 0 Å². The zero-order valence-electron chi connectivity index (χ0n) is 36.3. The minimum Gasteiger partial charge on any atom is -0.372 e. The molecule has 1 aliphatic heterocycles. The van der Waals surface area contributed by atoms with Crippen LogP contribution in [-0.2, 0) is 52.3 Å². The monoisotopic (exact) mass is 862 g/mol. The fourth-order valence-corrected chi connectivity index (χ4v) is 7.63. The van der Waals surface area contributed by atoms with Gasteiger partial charge < -0.3 is 46.2 Å². The second-order valence-corrected chi connectivity index (χ2v) is 23.8. The highest BCUT2D eigenvalue weighted by Gasteiger charge is 2.41. The van der Waals surface area contributed by atoms with Crippen molar-refractivity contribution in [2.75, 3.05) is 68.3 Å². The molecule has 1 N–H and O–H groups in total. The largest absolute Gasteiger partial charge is 0.372 e. The van der Waals surface area contributed by atoms with Gasteiger partial charge in [-0.1, -0.05) is 59.0 Å². The van der Waals surface area contributed by atoms with Crippen molar-refractivity contribution in [2.24, 2.45) is 5.92 Å². The first kappa shape index (κ1) is 56.0. The van der Waals surface area contributed by atoms with E-state index in [1.54, 1.807) is 54.0 Å². The third kappa shape index (κ3) is 23.8. The summed E-state index contributed by atoms with van der Waals surface area (Å²) in [5.74, 6) is 0.330. The van der Waals surface area contributed by atoms with Crippen molar-refractivity contribution in [3.63, 3.8) is 0 Å². The molecule has 0 bridgehead atoms. The number of ether oxygens (including phenoxy) is 1. The first-order valence-electron chi connectivity index (χ1n) is 18.3. The van der Waals surface area contributed by atoms with Gasteiger partial charge in [0.15, 0.2) is 0 Å². The first-order chi connectivity index (χ1) is 25.3. The highest BCUT2D eigenvalue weighted by Crippen LogP contribution is 2.49. The molecule has 0 aliphatic carbocycles. The van der Waals surface area contributed by atoms with Crippen molar-refractivity contribution in [2.45, 2.75) is 98.7 Å². The number of carbonyl (C=O) groups excluding carboxylic acids is 1. The quantitative estimate of drug-likeness (QED) is 0.0800. The minimum absolute atomic E-state index is 0.0285. The molecule has 9 atom stereocenters. The predicted molar refractivity (Wildman–Crippen MR) is 239 cm³/mol. The predicted octanol–water partition coefficient (Wildman–Crippen LogP) is 9.56. The van der Waals surface area contributed by atoms with Crippen LogP contribution < -0.4 is 5.32 Å². The molecule has 0 aromatic heterocycles. The lowest BCUT2D eigenvalue weighted by Gasteiger charge is -2.27. The number of hydrogen-bond donors (Lipinski definition) is 1. The second kappa shape index (κ2) is 27.6. The van der Waals surface area contributed by atoms with Gasteiger partial charge in [0.2, 0.25) is 5.91 Å². The van der Waals surface area contributed by atoms with Crippen molar-refractivity contribution in [3.8, 4) is 0 Å². The maximum Gasteiger partial charge on any atom is 0.275 e. The third-order valence-corrected chi connectivity index (χ3v) is 14.3. The van der Waals surface area contributed by atoms with Crippen molar-refractivity contribution < 1.29 is 50.6 Å². The Morgan fingerprint density at radius 3 is 1.84 bits per heavy atom. The summed E-state index contributed by atoms with van der Waals surface area (Å²) in [6, 6.07) is 4.72. The number of amides is 1. The molecule has 0 radical (unpaired) electrons. The molecule has 1 amide bonds. The van der Waals surface area contributed by atoms with Gasteiger partial charge in [0, 0.05) is 80.0 Å². The van der Waals surface area contributed by atoms with Crippen LogP contribution in [0.4, 0.5) is 5.69 Å². The van der Waals surface area contributed by atoms with Crippen LogP contribution in [0.5, 0.6) is 0 Å². The summed E-state index contributed by atoms with van der Waals surface area (Å²) in [6.45, 7) is 23.1. The topological polar surface area (TPSA) is 155 Å². The van der Waals surface area contributed by atoms with E-state index in [4.69, 9.17) is 40.9 Å². The Kier molecular flexibility index (Phi) is 28.1. The second-order valence-electron chi connectivity index (χ2n) is 13.3. The molecule has 18 heteroatoms. The fraction of sp³-hybridized carbons (Fsp3) is 0.703. The molecule has 1 aromatic carbocycles. The number of carbonyl (C=O) groups is 1. The zero-order valence-corrected chi connectivity index (χ0v) is 39.9. The first-order valence-corrected chi connectivity index (χ1v) is 27.3. The van der Waals surface area contributed by atoms with Crippen LogP contribution in [0.3, 0.4) is 0 Å². The van der Waals surface area contributed by atoms with E-state index in [1.165, 1.54) is 13.2 Å². The van der Waals surface area contributed by atoms with Crippen LogP contribution in [0.2, 0.25) is 0 Å². The van der Waals surface area contributed by atoms with Gasteiger partial charge in [0.1, 0.15) is 29.4 Å². The van der Waals surface area contributed by atoms with E-state index in [1.807, 2.05) is 26.9 Å². The number of nitro benzene ring substituents is 1. The SMILES string of the molecule is C=P(C)(OC)OC(C)c1cc(CNC(=O)CC)ccc1[N+](=O)[O-].C=P(C)(OC)OC1[C@@H](CC)O[C@@H](C)[C@H]1C.C=P(C)(OC)OCC.C=P(C)(OC)OCCC. The zero-order chi connectivity index (χ0) is 43.2. The molecule has 1 fully saturated rings. The van der Waals surface area contributed by atoms with Gasteiger partial charge in [0.25, 0.3) is 5.69 Å². The lowest BCUT2D eigenvalue weighted by Crippen LogP contribution is -2.27. The number of nitrogens with zero attached hydrogens (tertiary/aromatic N) is 1. The van der Waals surface area contributed by atoms with E-state index in [-0.39, 0.29) is 29.9 Å². The molecular formula is C37H74N2O12P4. The maximum atomic E-state index is 11.3. The van der Waals surface area contributed by atoms with E-state index in [2.05, 4.69) is 58.2 Å². The average Bonchev–Trinajstić information content (AvgIpc) is 3.40. The van der Waals surface area contributed by atoms with Crippen LogP contribution in [0.1, 0.15) is 85.0 Å². The number of nitro groups is 1. The summed E-state index contributed by atoms with van der Waals surface area (Å²) >= 11 is 0. The summed E-state index contributed by atoms with van der Waals surface area (Å²) in [4.78, 5) is 22.1. The molecule has 324 valence electrons. The summed E-state index contributed by atoms with van der Waals surface area (Å²) in [7, 11) is -1.16. The molecule has 1 heterocycles. The van der Waals surface area contributed by atoms with E-state index in [0.717, 1.165) is 25.0 Å². The van der Waals surface area contributed by atoms with E-state index in [9.17, 15) is 14.9 Å². The lowest BCUT2D eigenvalue weighted by atomic mass is 9.98. The molecular weight excluding hydrogens is 788 g/mol. The van der Waals surface area contributed by atoms with Gasteiger partial charge >= 0.3 is 0 Å². The van der Waals surface area contributed by atoms with Crippen LogP contribution in [0, 0.1) is 16.0 Å². The molecule has 6 unspecified atom stereocenters. The van der Waals surface area contributed by atoms with Gasteiger partial charge in [-0.2, -0.15) is 0 Å². The Hall–Kier alpha value is -1.07. The van der Waals surface area contributed by atoms with Crippen molar-refractivity contribution in [1.82, 2.24) is 5.32 Å². The molecule has 2 rings (SSSR count). The number of hydrogen-bond acceptors (Lipinski definition) is 12. The Bertz CT molecular complexity index is 1480. The van der Waals surface area contributed by atoms with Crippen LogP contribution in [0.15, 0.2) is 18.2 Å². The van der Waals surface area contributed by atoms with Gasteiger partial charge in [0.05, 0.1) is 48.1 Å². The van der Waals surface area contributed by atoms with Gasteiger partial charge in [-0.15, -0.1) is 0 Å². The standard InChI is InChI=1S/C15H23N2O5P.C11H23O3P.C6H15O2P.C5H13O2P/c1-6-15(18)16-10-12-7-8-14(17(19)20)13(9-12)11(2)22-23(4,5)21-3;1-7-10-11(8(2)9(3)13-10)14-15(5,6)12-4;1-5-6-8-9(3,4)7-2;1-5-7-8(3,4)6-2/h7-9,11H,4,6,10H2,1-3,5H3,(H,16,18);8-11H,5,7H2,1-4,6H3;3,5-6H2,1-2,4H3;3,5H2,1-2,4H3/t;8-,9+,10-,11?,15?;;/m.1../s1. The van der Waals surface area contributed by atoms with Crippen molar-refractivity contribution in [3.05, 3.63) is 39.4 Å². The lowest BCUT2D eigenvalue weighted by molar-refractivity contribution is -0.386. The highest BCUT2D eigenvalue weighted by atomic mass is 31.2. The van der Waals surface area contributed by atoms with Crippen LogP contribution in [0.25, 0.3) is 0 Å². The number of rotatable bonds is 19. The van der Waals surface area contributed by atoms with Gasteiger partial charge in [-0.05, 0) is 45.2 Å². The van der Waals surface area contributed by atoms with Crippen LogP contribution in [-0.4, -0.2) is 123 Å². The average molecular weight is 863 g/mol. The summed E-state index contributed by atoms with van der Waals surface area (Å²) in [5, 5.41) is 14.0. The minimum atomic E-state index is -2.29. The maximum absolute atomic E-state index is 11.3. The third-order valence-electron chi connectivity index (χ3n) is 8.20. The summed E-state index contributed by atoms with van der Waals surface area (Å²) in [6.07, 6.45) is 17.8. The summed E-state index contributed by atoms with van der Waals surface area (Å²) in [5.41, 5.74) is 1.17. The molecule has 14 nitrogen and oxygen atoms in total. The Morgan fingerprint density at radius 2 is 1.42 bits per heavy atom. The molecule has 0 spiro atoms. The van der Waals surface area contributed by atoms with Gasteiger partial charge in [-0.3, -0.25) is 14.9 Å². The molecule has 0 saturated carbocycles. The van der Waals surface area contributed by atoms with E-state index in [0.29, 0.717) is 31.1 Å². The smallest absolute Gasteiger partial charge is 0.275 e. The molecule has 1 saturated heterocycles. The van der Waals surface area contributed by atoms with Crippen LogP contribution >= 0.6 is 29.4 Å².